The largest absolute Gasteiger partial charge is 0.456 e. The van der Waals surface area contributed by atoms with E-state index in [-0.39, 0.29) is 5.82 Å². The fourth-order valence-electron chi connectivity index (χ4n) is 2.32. The summed E-state index contributed by atoms with van der Waals surface area (Å²) in [6.07, 6.45) is -2.58. The number of anilines is 1. The van der Waals surface area contributed by atoms with Gasteiger partial charge in [-0.2, -0.15) is 4.98 Å². The maximum absolute atomic E-state index is 15.0. The number of nitrogens with two attached hydrogens (primary N) is 1. The van der Waals surface area contributed by atoms with Crippen LogP contribution in [0.3, 0.4) is 0 Å². The number of carbonyl (C=O) groups is 1. The number of alkyl halides is 1. The van der Waals surface area contributed by atoms with Crippen molar-refractivity contribution in [3.8, 4) is 0 Å². The summed E-state index contributed by atoms with van der Waals surface area (Å²) in [5, 5.41) is 9.25. The summed E-state index contributed by atoms with van der Waals surface area (Å²) in [6.45, 7) is 1.68. The molecule has 0 saturated carbocycles. The SMILES string of the molecule is CC(=O)O[C@H]1[C@@H](CO)O[C@@H](n2ccc(N)nc2=O)C1(C)F. The lowest BCUT2D eigenvalue weighted by atomic mass is 9.98. The number of aliphatic hydroxyl groups is 1. The third-order valence-electron chi connectivity index (χ3n) is 3.26. The Bertz CT molecular complexity index is 603. The van der Waals surface area contributed by atoms with Crippen LogP contribution >= 0.6 is 0 Å². The van der Waals surface area contributed by atoms with Crippen LogP contribution in [0.25, 0.3) is 0 Å². The first kappa shape index (κ1) is 15.4. The molecule has 0 bridgehead atoms. The molecule has 3 N–H and O–H groups in total. The number of hydrogen-bond acceptors (Lipinski definition) is 7. The molecule has 0 aliphatic carbocycles. The van der Waals surface area contributed by atoms with Gasteiger partial charge in [0.2, 0.25) is 0 Å². The third-order valence-corrected chi connectivity index (χ3v) is 3.26. The van der Waals surface area contributed by atoms with Gasteiger partial charge in [0.15, 0.2) is 18.0 Å². The normalized spacial score (nSPS) is 32.1. The van der Waals surface area contributed by atoms with E-state index in [1.807, 2.05) is 0 Å². The molecule has 1 fully saturated rings. The van der Waals surface area contributed by atoms with Gasteiger partial charge in [0.25, 0.3) is 0 Å². The lowest BCUT2D eigenvalue weighted by molar-refractivity contribution is -0.155. The monoisotopic (exact) mass is 301 g/mol. The van der Waals surface area contributed by atoms with Gasteiger partial charge in [-0.25, -0.2) is 9.18 Å². The number of hydrogen-bond donors (Lipinski definition) is 2. The van der Waals surface area contributed by atoms with Gasteiger partial charge in [0, 0.05) is 13.1 Å². The summed E-state index contributed by atoms with van der Waals surface area (Å²) in [5.74, 6) is -0.723. The van der Waals surface area contributed by atoms with Crippen molar-refractivity contribution in [3.05, 3.63) is 22.7 Å². The molecular weight excluding hydrogens is 285 g/mol. The fraction of sp³-hybridized carbons (Fsp3) is 0.583. The van der Waals surface area contributed by atoms with Gasteiger partial charge in [-0.05, 0) is 13.0 Å². The molecule has 116 valence electrons. The van der Waals surface area contributed by atoms with Gasteiger partial charge in [0.05, 0.1) is 6.61 Å². The van der Waals surface area contributed by atoms with Crippen LogP contribution in [0.5, 0.6) is 0 Å². The van der Waals surface area contributed by atoms with Crippen molar-refractivity contribution < 1.29 is 23.8 Å². The maximum Gasteiger partial charge on any atom is 0.351 e. The van der Waals surface area contributed by atoms with Gasteiger partial charge in [0.1, 0.15) is 11.9 Å². The number of rotatable bonds is 3. The van der Waals surface area contributed by atoms with Crippen LogP contribution in [0.4, 0.5) is 10.2 Å². The molecule has 0 aromatic carbocycles. The highest BCUT2D eigenvalue weighted by Gasteiger charge is 2.57. The summed E-state index contributed by atoms with van der Waals surface area (Å²) >= 11 is 0. The van der Waals surface area contributed by atoms with E-state index in [9.17, 15) is 19.1 Å². The number of aliphatic hydroxyl groups excluding tert-OH is 1. The molecule has 1 aliphatic heterocycles. The molecule has 4 atom stereocenters. The van der Waals surface area contributed by atoms with Crippen LogP contribution in [0, 0.1) is 0 Å². The van der Waals surface area contributed by atoms with Crippen molar-refractivity contribution >= 4 is 11.8 Å². The lowest BCUT2D eigenvalue weighted by Gasteiger charge is -2.27. The molecule has 1 saturated heterocycles. The molecule has 0 radical (unpaired) electrons. The van der Waals surface area contributed by atoms with Gasteiger partial charge in [-0.1, -0.05) is 0 Å². The van der Waals surface area contributed by atoms with Crippen molar-refractivity contribution in [2.75, 3.05) is 12.3 Å². The average molecular weight is 301 g/mol. The van der Waals surface area contributed by atoms with E-state index >= 15 is 0 Å². The molecule has 0 spiro atoms. The van der Waals surface area contributed by atoms with E-state index in [1.54, 1.807) is 0 Å². The summed E-state index contributed by atoms with van der Waals surface area (Å²) in [6, 6.07) is 1.31. The number of esters is 1. The highest BCUT2D eigenvalue weighted by atomic mass is 19.1. The minimum Gasteiger partial charge on any atom is -0.456 e. The summed E-state index contributed by atoms with van der Waals surface area (Å²) < 4.78 is 26.1. The van der Waals surface area contributed by atoms with Crippen molar-refractivity contribution in [2.45, 2.75) is 38.0 Å². The first-order valence-corrected chi connectivity index (χ1v) is 6.24. The Hall–Kier alpha value is -2.00. The Balaban J connectivity index is 2.41. The number of carbonyl (C=O) groups excluding carboxylic acids is 1. The number of aromatic nitrogens is 2. The number of nitrogen functional groups attached to an aromatic ring is 1. The van der Waals surface area contributed by atoms with Gasteiger partial charge >= 0.3 is 11.7 Å². The molecule has 2 heterocycles. The summed E-state index contributed by atoms with van der Waals surface area (Å²) in [7, 11) is 0. The van der Waals surface area contributed by atoms with E-state index in [4.69, 9.17) is 15.2 Å². The van der Waals surface area contributed by atoms with Crippen molar-refractivity contribution in [1.29, 1.82) is 0 Å². The second kappa shape index (κ2) is 5.41. The minimum atomic E-state index is -2.22. The Morgan fingerprint density at radius 1 is 1.71 bits per heavy atom. The van der Waals surface area contributed by atoms with E-state index < -0.39 is 42.4 Å². The highest BCUT2D eigenvalue weighted by molar-refractivity contribution is 5.66. The van der Waals surface area contributed by atoms with Crippen LogP contribution in [0.2, 0.25) is 0 Å². The smallest absolute Gasteiger partial charge is 0.351 e. The second-order valence-electron chi connectivity index (χ2n) is 4.93. The zero-order valence-electron chi connectivity index (χ0n) is 11.5. The first-order valence-electron chi connectivity index (χ1n) is 6.24. The number of ether oxygens (including phenoxy) is 2. The molecule has 9 heteroatoms. The van der Waals surface area contributed by atoms with Crippen molar-refractivity contribution in [3.63, 3.8) is 0 Å². The van der Waals surface area contributed by atoms with Gasteiger partial charge in [-0.3, -0.25) is 9.36 Å². The van der Waals surface area contributed by atoms with Crippen molar-refractivity contribution in [2.24, 2.45) is 0 Å². The Kier molecular flexibility index (Phi) is 3.97. The molecule has 1 aromatic rings. The van der Waals surface area contributed by atoms with Crippen LogP contribution in [-0.2, 0) is 14.3 Å². The average Bonchev–Trinajstić information content (AvgIpc) is 2.61. The van der Waals surface area contributed by atoms with E-state index in [1.165, 1.54) is 12.3 Å². The molecule has 1 unspecified atom stereocenters. The fourth-order valence-corrected chi connectivity index (χ4v) is 2.32. The van der Waals surface area contributed by atoms with E-state index in [2.05, 4.69) is 4.98 Å². The molecule has 21 heavy (non-hydrogen) atoms. The summed E-state index contributed by atoms with van der Waals surface area (Å²) in [4.78, 5) is 26.4. The van der Waals surface area contributed by atoms with E-state index in [0.29, 0.717) is 0 Å². The maximum atomic E-state index is 15.0. The van der Waals surface area contributed by atoms with Crippen molar-refractivity contribution in [1.82, 2.24) is 9.55 Å². The zero-order chi connectivity index (χ0) is 15.8. The first-order chi connectivity index (χ1) is 9.77. The number of halogens is 1. The van der Waals surface area contributed by atoms with E-state index in [0.717, 1.165) is 18.4 Å². The lowest BCUT2D eigenvalue weighted by Crippen LogP contribution is -2.45. The Labute approximate surface area is 119 Å². The zero-order valence-corrected chi connectivity index (χ0v) is 11.5. The molecule has 2 rings (SSSR count). The molecular formula is C12H16FN3O5. The standard InChI is InChI=1S/C12H16FN3O5/c1-6(18)20-9-7(5-17)21-10(12(9,2)13)16-4-3-8(14)15-11(16)19/h3-4,7,9-10,17H,5H2,1-2H3,(H2,14,15,19)/t7-,9+,10-,12?/m1/s1. The quantitative estimate of drug-likeness (QED) is 0.714. The predicted octanol–water partition coefficient (Wildman–Crippen LogP) is -0.625. The molecule has 0 amide bonds. The van der Waals surface area contributed by atoms with Gasteiger partial charge < -0.3 is 20.3 Å². The Morgan fingerprint density at radius 3 is 2.90 bits per heavy atom. The third kappa shape index (κ3) is 2.74. The topological polar surface area (TPSA) is 117 Å². The Morgan fingerprint density at radius 2 is 2.38 bits per heavy atom. The molecule has 1 aromatic heterocycles. The number of nitrogens with zero attached hydrogens (tertiary/aromatic N) is 2. The summed E-state index contributed by atoms with van der Waals surface area (Å²) in [5.41, 5.74) is 2.35. The van der Waals surface area contributed by atoms with Crippen LogP contribution in [0.15, 0.2) is 17.1 Å². The van der Waals surface area contributed by atoms with Crippen LogP contribution in [-0.4, -0.2) is 45.1 Å². The minimum absolute atomic E-state index is 0.00921. The predicted molar refractivity (Wildman–Crippen MR) is 69.0 cm³/mol. The molecule has 8 nitrogen and oxygen atoms in total. The molecule has 1 aliphatic rings. The van der Waals surface area contributed by atoms with Crippen LogP contribution in [0.1, 0.15) is 20.1 Å². The van der Waals surface area contributed by atoms with Gasteiger partial charge in [-0.15, -0.1) is 0 Å². The highest BCUT2D eigenvalue weighted by Crippen LogP contribution is 2.42. The van der Waals surface area contributed by atoms with Crippen LogP contribution < -0.4 is 11.4 Å². The second-order valence-corrected chi connectivity index (χ2v) is 4.93.